The highest BCUT2D eigenvalue weighted by atomic mass is 16.3. The van der Waals surface area contributed by atoms with Crippen LogP contribution in [0.4, 0.5) is 4.79 Å². The molecule has 1 atom stereocenters. The van der Waals surface area contributed by atoms with E-state index in [1.165, 1.54) is 12.8 Å². The first-order valence-electron chi connectivity index (χ1n) is 7.38. The maximum Gasteiger partial charge on any atom is 0.314 e. The minimum absolute atomic E-state index is 0.198. The molecule has 2 amide bonds. The first-order chi connectivity index (χ1) is 8.91. The second-order valence-corrected chi connectivity index (χ2v) is 5.74. The van der Waals surface area contributed by atoms with Crippen LogP contribution in [-0.4, -0.2) is 53.9 Å². The summed E-state index contributed by atoms with van der Waals surface area (Å²) < 4.78 is 0. The molecule has 0 spiro atoms. The Hall–Kier alpha value is -0.810. The minimum atomic E-state index is -0.784. The number of rotatable bonds is 8. The Balaban J connectivity index is 2.20. The van der Waals surface area contributed by atoms with Crippen LogP contribution in [0, 0.1) is 0 Å². The molecule has 1 rings (SSSR count). The van der Waals surface area contributed by atoms with E-state index in [1.807, 2.05) is 13.8 Å². The second kappa shape index (κ2) is 7.10. The summed E-state index contributed by atoms with van der Waals surface area (Å²) in [6.45, 7) is 6.91. The fraction of sp³-hybridized carbons (Fsp3) is 0.929. The van der Waals surface area contributed by atoms with Crippen LogP contribution in [0.5, 0.6) is 0 Å². The Morgan fingerprint density at radius 1 is 1.37 bits per heavy atom. The highest BCUT2D eigenvalue weighted by molar-refractivity contribution is 5.73. The molecule has 0 aliphatic heterocycles. The van der Waals surface area contributed by atoms with Crippen LogP contribution >= 0.6 is 0 Å². The number of carbonyl (C=O) groups excluding carboxylic acids is 1. The van der Waals surface area contributed by atoms with Crippen molar-refractivity contribution in [2.45, 2.75) is 64.1 Å². The van der Waals surface area contributed by atoms with E-state index in [9.17, 15) is 9.90 Å². The Kier molecular flexibility index (Phi) is 6.07. The van der Waals surface area contributed by atoms with E-state index >= 15 is 0 Å². The monoisotopic (exact) mass is 271 g/mol. The van der Waals surface area contributed by atoms with Crippen LogP contribution in [-0.2, 0) is 0 Å². The van der Waals surface area contributed by atoms with Gasteiger partial charge >= 0.3 is 6.03 Å². The number of urea groups is 1. The number of hydrogen-bond donors (Lipinski definition) is 3. The zero-order chi connectivity index (χ0) is 14.5. The Morgan fingerprint density at radius 2 is 1.95 bits per heavy atom. The summed E-state index contributed by atoms with van der Waals surface area (Å²) in [5.74, 6) is 0. The molecule has 0 aromatic carbocycles. The molecule has 0 saturated heterocycles. The van der Waals surface area contributed by atoms with Gasteiger partial charge in [-0.05, 0) is 39.7 Å². The summed E-state index contributed by atoms with van der Waals surface area (Å²) in [5, 5.41) is 15.7. The van der Waals surface area contributed by atoms with Gasteiger partial charge in [-0.3, -0.25) is 4.90 Å². The minimum Gasteiger partial charge on any atom is -0.388 e. The van der Waals surface area contributed by atoms with Crippen LogP contribution in [0.3, 0.4) is 0 Å². The number of likely N-dealkylation sites (N-methyl/N-ethyl adjacent to an activating group) is 1. The normalized spacial score (nSPS) is 17.4. The smallest absolute Gasteiger partial charge is 0.314 e. The standard InChI is InChI=1S/C14H29N3O2/c1-5-14(19,6-2)10-16-13(18)15-9-11(3)17(4)12-7-8-12/h11-12,19H,5-10H2,1-4H3,(H2,15,16,18). The van der Waals surface area contributed by atoms with Crippen molar-refractivity contribution >= 4 is 6.03 Å². The topological polar surface area (TPSA) is 64.6 Å². The number of amides is 2. The third-order valence-electron chi connectivity index (χ3n) is 4.27. The molecule has 0 aromatic rings. The molecule has 5 nitrogen and oxygen atoms in total. The molecule has 1 fully saturated rings. The lowest BCUT2D eigenvalue weighted by atomic mass is 9.98. The van der Waals surface area contributed by atoms with E-state index in [0.717, 1.165) is 0 Å². The molecule has 0 heterocycles. The van der Waals surface area contributed by atoms with Crippen molar-refractivity contribution in [3.8, 4) is 0 Å². The first-order valence-corrected chi connectivity index (χ1v) is 7.38. The molecular weight excluding hydrogens is 242 g/mol. The molecular formula is C14H29N3O2. The summed E-state index contributed by atoms with van der Waals surface area (Å²) in [6, 6.07) is 0.844. The van der Waals surface area contributed by atoms with Crippen LogP contribution < -0.4 is 10.6 Å². The molecule has 19 heavy (non-hydrogen) atoms. The van der Waals surface area contributed by atoms with Crippen molar-refractivity contribution < 1.29 is 9.90 Å². The molecule has 0 bridgehead atoms. The first kappa shape index (κ1) is 16.2. The van der Waals surface area contributed by atoms with Gasteiger partial charge in [0.15, 0.2) is 0 Å². The van der Waals surface area contributed by atoms with Gasteiger partial charge in [0.05, 0.1) is 5.60 Å². The number of aliphatic hydroxyl groups is 1. The van der Waals surface area contributed by atoms with Crippen LogP contribution in [0.1, 0.15) is 46.5 Å². The van der Waals surface area contributed by atoms with Gasteiger partial charge in [-0.1, -0.05) is 13.8 Å². The van der Waals surface area contributed by atoms with Crippen molar-refractivity contribution in [2.75, 3.05) is 20.1 Å². The molecule has 0 radical (unpaired) electrons. The summed E-state index contributed by atoms with van der Waals surface area (Å²) in [4.78, 5) is 14.0. The molecule has 112 valence electrons. The largest absolute Gasteiger partial charge is 0.388 e. The summed E-state index contributed by atoms with van der Waals surface area (Å²) >= 11 is 0. The van der Waals surface area contributed by atoms with E-state index in [0.29, 0.717) is 38.0 Å². The SMILES string of the molecule is CCC(O)(CC)CNC(=O)NCC(C)N(C)C1CC1. The van der Waals surface area contributed by atoms with Crippen molar-refractivity contribution in [3.05, 3.63) is 0 Å². The molecule has 1 aliphatic carbocycles. The zero-order valence-corrected chi connectivity index (χ0v) is 12.7. The lowest BCUT2D eigenvalue weighted by Crippen LogP contribution is -2.48. The van der Waals surface area contributed by atoms with Gasteiger partial charge in [-0.15, -0.1) is 0 Å². The summed E-state index contributed by atoms with van der Waals surface area (Å²) in [5.41, 5.74) is -0.784. The highest BCUT2D eigenvalue weighted by Gasteiger charge is 2.29. The van der Waals surface area contributed by atoms with Gasteiger partial charge in [0, 0.05) is 25.2 Å². The average molecular weight is 271 g/mol. The van der Waals surface area contributed by atoms with Crippen LogP contribution in [0.15, 0.2) is 0 Å². The van der Waals surface area contributed by atoms with Crippen LogP contribution in [0.25, 0.3) is 0 Å². The predicted molar refractivity (Wildman–Crippen MR) is 77.2 cm³/mol. The van der Waals surface area contributed by atoms with Crippen molar-refractivity contribution in [1.82, 2.24) is 15.5 Å². The van der Waals surface area contributed by atoms with Crippen molar-refractivity contribution in [1.29, 1.82) is 0 Å². The highest BCUT2D eigenvalue weighted by Crippen LogP contribution is 2.26. The lowest BCUT2D eigenvalue weighted by Gasteiger charge is -2.27. The molecule has 1 unspecified atom stereocenters. The Bertz CT molecular complexity index is 288. The quantitative estimate of drug-likeness (QED) is 0.624. The fourth-order valence-electron chi connectivity index (χ4n) is 2.03. The van der Waals surface area contributed by atoms with E-state index in [2.05, 4.69) is 29.5 Å². The maximum atomic E-state index is 11.7. The average Bonchev–Trinajstić information content (AvgIpc) is 3.25. The molecule has 5 heteroatoms. The maximum absolute atomic E-state index is 11.7. The van der Waals surface area contributed by atoms with Gasteiger partial charge in [-0.25, -0.2) is 4.79 Å². The van der Waals surface area contributed by atoms with Crippen molar-refractivity contribution in [3.63, 3.8) is 0 Å². The van der Waals surface area contributed by atoms with Gasteiger partial charge < -0.3 is 15.7 Å². The van der Waals surface area contributed by atoms with Gasteiger partial charge in [0.25, 0.3) is 0 Å². The Labute approximate surface area is 116 Å². The van der Waals surface area contributed by atoms with E-state index in [-0.39, 0.29) is 6.03 Å². The van der Waals surface area contributed by atoms with Gasteiger partial charge in [-0.2, -0.15) is 0 Å². The number of carbonyl (C=O) groups is 1. The molecule has 3 N–H and O–H groups in total. The lowest BCUT2D eigenvalue weighted by molar-refractivity contribution is 0.0349. The summed E-state index contributed by atoms with van der Waals surface area (Å²) in [7, 11) is 2.11. The third kappa shape index (κ3) is 5.37. The molecule has 1 saturated carbocycles. The summed E-state index contributed by atoms with van der Waals surface area (Å²) in [6.07, 6.45) is 3.83. The number of nitrogens with one attached hydrogen (secondary N) is 2. The third-order valence-corrected chi connectivity index (χ3v) is 4.27. The number of hydrogen-bond acceptors (Lipinski definition) is 3. The zero-order valence-electron chi connectivity index (χ0n) is 12.7. The van der Waals surface area contributed by atoms with Crippen molar-refractivity contribution in [2.24, 2.45) is 0 Å². The molecule has 0 aromatic heterocycles. The van der Waals surface area contributed by atoms with Gasteiger partial charge in [0.1, 0.15) is 0 Å². The number of nitrogens with zero attached hydrogens (tertiary/aromatic N) is 1. The predicted octanol–water partition coefficient (Wildman–Crippen LogP) is 1.32. The van der Waals surface area contributed by atoms with E-state index < -0.39 is 5.60 Å². The van der Waals surface area contributed by atoms with Crippen LogP contribution in [0.2, 0.25) is 0 Å². The van der Waals surface area contributed by atoms with Gasteiger partial charge in [0.2, 0.25) is 0 Å². The Morgan fingerprint density at radius 3 is 2.42 bits per heavy atom. The fourth-order valence-corrected chi connectivity index (χ4v) is 2.03. The van der Waals surface area contributed by atoms with E-state index in [1.54, 1.807) is 0 Å². The second-order valence-electron chi connectivity index (χ2n) is 5.74. The van der Waals surface area contributed by atoms with E-state index in [4.69, 9.17) is 0 Å². The molecule has 1 aliphatic rings.